The van der Waals surface area contributed by atoms with Crippen LogP contribution in [0.2, 0.25) is 0 Å². The lowest BCUT2D eigenvalue weighted by Gasteiger charge is -2.19. The zero-order valence-electron chi connectivity index (χ0n) is 17.1. The monoisotopic (exact) mass is 504 g/mol. The normalized spacial score (nSPS) is 14.9. The first-order valence-corrected chi connectivity index (χ1v) is 9.95. The molecule has 0 spiro atoms. The zero-order valence-corrected chi connectivity index (χ0v) is 18.7. The van der Waals surface area contributed by atoms with Crippen LogP contribution in [0.4, 0.5) is 11.4 Å². The average molecular weight is 505 g/mol. The van der Waals surface area contributed by atoms with E-state index in [0.717, 1.165) is 11.9 Å². The first-order chi connectivity index (χ1) is 15.1. The molecular weight excluding hydrogens is 488 g/mol. The van der Waals surface area contributed by atoms with Gasteiger partial charge in [0, 0.05) is 42.6 Å². The molecular formula is C20H17BrN4O7. The van der Waals surface area contributed by atoms with Crippen LogP contribution in [-0.2, 0) is 19.1 Å². The third kappa shape index (κ3) is 4.91. The van der Waals surface area contributed by atoms with Crippen molar-refractivity contribution in [2.75, 3.05) is 5.32 Å². The van der Waals surface area contributed by atoms with Gasteiger partial charge >= 0.3 is 11.7 Å². The van der Waals surface area contributed by atoms with E-state index in [4.69, 9.17) is 9.47 Å². The number of amides is 2. The van der Waals surface area contributed by atoms with Crippen LogP contribution >= 0.6 is 15.9 Å². The molecule has 2 aromatic carbocycles. The first kappa shape index (κ1) is 22.9. The molecule has 0 radical (unpaired) electrons. The lowest BCUT2D eigenvalue weighted by atomic mass is 10.1. The number of nitro benzene ring substituents is 1. The number of benzene rings is 2. The maximum absolute atomic E-state index is 12.2. The van der Waals surface area contributed by atoms with E-state index in [0.29, 0.717) is 15.7 Å². The number of hydrogen-bond acceptors (Lipinski definition) is 8. The summed E-state index contributed by atoms with van der Waals surface area (Å²) in [6.45, 7) is 3.77. The Morgan fingerprint density at radius 3 is 2.38 bits per heavy atom. The van der Waals surface area contributed by atoms with Crippen LogP contribution in [0, 0.1) is 10.1 Å². The molecule has 12 heteroatoms. The molecule has 1 aliphatic heterocycles. The van der Waals surface area contributed by atoms with Gasteiger partial charge in [-0.15, -0.1) is 5.10 Å². The summed E-state index contributed by atoms with van der Waals surface area (Å²) in [4.78, 5) is 45.8. The third-order valence-corrected chi connectivity index (χ3v) is 4.65. The number of esters is 1. The largest absolute Gasteiger partial charge is 0.446 e. The first-order valence-electron chi connectivity index (χ1n) is 9.16. The van der Waals surface area contributed by atoms with E-state index < -0.39 is 28.7 Å². The van der Waals surface area contributed by atoms with Crippen molar-refractivity contribution < 1.29 is 28.8 Å². The summed E-state index contributed by atoms with van der Waals surface area (Å²) in [5, 5.41) is 19.4. The van der Waals surface area contributed by atoms with Crippen molar-refractivity contribution in [2.45, 2.75) is 27.0 Å². The minimum Gasteiger partial charge on any atom is -0.446 e. The van der Waals surface area contributed by atoms with Crippen molar-refractivity contribution in [3.8, 4) is 5.75 Å². The van der Waals surface area contributed by atoms with Crippen LogP contribution in [0.5, 0.6) is 5.75 Å². The van der Waals surface area contributed by atoms with Crippen molar-refractivity contribution in [1.29, 1.82) is 0 Å². The van der Waals surface area contributed by atoms with Gasteiger partial charge in [0.2, 0.25) is 29.7 Å². The van der Waals surface area contributed by atoms with Gasteiger partial charge in [0.1, 0.15) is 0 Å². The van der Waals surface area contributed by atoms with Crippen molar-refractivity contribution in [3.63, 3.8) is 0 Å². The Bertz CT molecular complexity index is 1150. The number of halogens is 1. The highest BCUT2D eigenvalue weighted by atomic mass is 79.9. The third-order valence-electron chi connectivity index (χ3n) is 4.19. The van der Waals surface area contributed by atoms with Crippen LogP contribution in [0.15, 0.2) is 46.0 Å². The molecule has 0 fully saturated rings. The maximum Gasteiger partial charge on any atom is 0.313 e. The number of nitro groups is 1. The molecule has 166 valence electrons. The molecule has 0 aromatic heterocycles. The molecule has 2 amide bonds. The summed E-state index contributed by atoms with van der Waals surface area (Å²) in [6, 6.07) is 9.15. The van der Waals surface area contributed by atoms with Gasteiger partial charge < -0.3 is 14.8 Å². The lowest BCUT2D eigenvalue weighted by Crippen LogP contribution is -2.25. The van der Waals surface area contributed by atoms with Gasteiger partial charge in [-0.1, -0.05) is 28.1 Å². The van der Waals surface area contributed by atoms with Gasteiger partial charge in [0.15, 0.2) is 0 Å². The van der Waals surface area contributed by atoms with Gasteiger partial charge in [-0.2, -0.15) is 5.01 Å². The zero-order chi connectivity index (χ0) is 23.6. The molecule has 0 unspecified atom stereocenters. The Balaban J connectivity index is 2.04. The van der Waals surface area contributed by atoms with Gasteiger partial charge in [0.05, 0.1) is 10.5 Å². The van der Waals surface area contributed by atoms with E-state index in [1.807, 2.05) is 0 Å². The minimum absolute atomic E-state index is 0.0184. The standard InChI is InChI=1S/C20H17BrN4O7/c1-10(26)22-15-6-4-13(5-7-15)20-24(11(2)27)23-19(32-20)16-8-14(21)9-17(25(29)30)18(16)31-12(3)28/h4-9,20H,1-3H3,(H,22,26)/t20-/m1/s1. The van der Waals surface area contributed by atoms with E-state index in [1.165, 1.54) is 26.0 Å². The summed E-state index contributed by atoms with van der Waals surface area (Å²) in [6.07, 6.45) is -0.975. The van der Waals surface area contributed by atoms with Crippen molar-refractivity contribution in [3.05, 3.63) is 62.1 Å². The second-order valence-corrected chi connectivity index (χ2v) is 7.61. The van der Waals surface area contributed by atoms with E-state index in [1.54, 1.807) is 24.3 Å². The maximum atomic E-state index is 12.2. The summed E-state index contributed by atoms with van der Waals surface area (Å²) < 4.78 is 11.3. The van der Waals surface area contributed by atoms with E-state index in [-0.39, 0.29) is 23.1 Å². The van der Waals surface area contributed by atoms with E-state index in [2.05, 4.69) is 26.3 Å². The van der Waals surface area contributed by atoms with Crippen LogP contribution in [0.25, 0.3) is 0 Å². The number of hydrazone groups is 1. The second-order valence-electron chi connectivity index (χ2n) is 6.69. The number of rotatable bonds is 5. The highest BCUT2D eigenvalue weighted by molar-refractivity contribution is 9.10. The van der Waals surface area contributed by atoms with Crippen LogP contribution < -0.4 is 10.1 Å². The van der Waals surface area contributed by atoms with E-state index in [9.17, 15) is 24.5 Å². The fraction of sp³-hybridized carbons (Fsp3) is 0.200. The molecule has 11 nitrogen and oxygen atoms in total. The highest BCUT2D eigenvalue weighted by Gasteiger charge is 2.36. The quantitative estimate of drug-likeness (QED) is 0.284. The second kappa shape index (κ2) is 9.14. The Morgan fingerprint density at radius 1 is 1.19 bits per heavy atom. The number of carbonyl (C=O) groups is 3. The number of hydrogen-bond donors (Lipinski definition) is 1. The van der Waals surface area contributed by atoms with Gasteiger partial charge in [0.25, 0.3) is 0 Å². The molecule has 1 aliphatic rings. The number of ether oxygens (including phenoxy) is 2. The predicted octanol–water partition coefficient (Wildman–Crippen LogP) is 3.48. The summed E-state index contributed by atoms with van der Waals surface area (Å²) in [7, 11) is 0. The van der Waals surface area contributed by atoms with Crippen LogP contribution in [0.3, 0.4) is 0 Å². The Morgan fingerprint density at radius 2 is 1.84 bits per heavy atom. The molecule has 0 saturated heterocycles. The highest BCUT2D eigenvalue weighted by Crippen LogP contribution is 2.39. The van der Waals surface area contributed by atoms with Crippen molar-refractivity contribution in [2.24, 2.45) is 5.10 Å². The average Bonchev–Trinajstić information content (AvgIpc) is 3.14. The molecule has 1 heterocycles. The Labute approximate surface area is 190 Å². The van der Waals surface area contributed by atoms with E-state index >= 15 is 0 Å². The molecule has 3 rings (SSSR count). The number of carbonyl (C=O) groups excluding carboxylic acids is 3. The van der Waals surface area contributed by atoms with Crippen LogP contribution in [0.1, 0.15) is 38.1 Å². The predicted molar refractivity (Wildman–Crippen MR) is 116 cm³/mol. The molecule has 0 aliphatic carbocycles. The number of nitrogens with one attached hydrogen (secondary N) is 1. The smallest absolute Gasteiger partial charge is 0.313 e. The van der Waals surface area contributed by atoms with Crippen LogP contribution in [-0.4, -0.2) is 33.6 Å². The topological polar surface area (TPSA) is 140 Å². The molecule has 0 saturated carbocycles. The Hall–Kier alpha value is -3.80. The minimum atomic E-state index is -0.975. The van der Waals surface area contributed by atoms with Crippen molar-refractivity contribution in [1.82, 2.24) is 5.01 Å². The number of anilines is 1. The SMILES string of the molecule is CC(=O)Nc1ccc([C@H]2OC(c3cc(Br)cc([N+](=O)[O-])c3OC(C)=O)=NN2C(C)=O)cc1. The summed E-state index contributed by atoms with van der Waals surface area (Å²) >= 11 is 3.19. The molecule has 1 atom stereocenters. The fourth-order valence-electron chi connectivity index (χ4n) is 2.95. The Kier molecular flexibility index (Phi) is 6.53. The molecule has 0 bridgehead atoms. The molecule has 2 aromatic rings. The fourth-order valence-corrected chi connectivity index (χ4v) is 3.40. The van der Waals surface area contributed by atoms with Gasteiger partial charge in [-0.25, -0.2) is 0 Å². The van der Waals surface area contributed by atoms with Crippen molar-refractivity contribution >= 4 is 51.0 Å². The molecule has 32 heavy (non-hydrogen) atoms. The number of nitrogens with zero attached hydrogens (tertiary/aromatic N) is 3. The lowest BCUT2D eigenvalue weighted by molar-refractivity contribution is -0.385. The van der Waals surface area contributed by atoms with Gasteiger partial charge in [-0.3, -0.25) is 24.5 Å². The summed E-state index contributed by atoms with van der Waals surface area (Å²) in [5.41, 5.74) is 0.624. The molecule has 1 N–H and O–H groups in total. The van der Waals surface area contributed by atoms with Gasteiger partial charge in [-0.05, 0) is 18.2 Å². The summed E-state index contributed by atoms with van der Waals surface area (Å²) in [5.74, 6) is -1.95.